The lowest BCUT2D eigenvalue weighted by molar-refractivity contribution is 0.0697. The number of unbranched alkanes of at least 4 members (excludes halogenated alkanes) is 1. The van der Waals surface area contributed by atoms with Crippen molar-refractivity contribution in [1.82, 2.24) is 4.57 Å². The SMILES string of the molecule is [C-]#[N+]c1c(C)c(N=Nc2ccccc2S(=O)(=O)Nc2ccc(C(=O)O)cc2)c(=O)n(CC(CC)CCCC)c1O. The number of benzene rings is 2. The molecule has 40 heavy (non-hydrogen) atoms. The molecule has 1 unspecified atom stereocenters. The molecule has 3 N–H and O–H groups in total. The van der Waals surface area contributed by atoms with E-state index in [0.717, 1.165) is 30.3 Å². The molecular formula is C28H31N5O6S. The summed E-state index contributed by atoms with van der Waals surface area (Å²) in [4.78, 5) is 27.6. The van der Waals surface area contributed by atoms with Crippen molar-refractivity contribution in [3.63, 3.8) is 0 Å². The summed E-state index contributed by atoms with van der Waals surface area (Å²) in [6.45, 7) is 13.3. The van der Waals surface area contributed by atoms with E-state index in [4.69, 9.17) is 11.7 Å². The van der Waals surface area contributed by atoms with Crippen molar-refractivity contribution in [2.24, 2.45) is 16.1 Å². The van der Waals surface area contributed by atoms with Crippen LogP contribution in [0.5, 0.6) is 5.88 Å². The second-order valence-corrected chi connectivity index (χ2v) is 10.9. The van der Waals surface area contributed by atoms with E-state index in [0.29, 0.717) is 0 Å². The predicted molar refractivity (Wildman–Crippen MR) is 151 cm³/mol. The van der Waals surface area contributed by atoms with Crippen LogP contribution < -0.4 is 10.3 Å². The first-order chi connectivity index (χ1) is 19.0. The summed E-state index contributed by atoms with van der Waals surface area (Å²) < 4.78 is 29.8. The molecule has 0 spiro atoms. The maximum absolute atomic E-state index is 13.4. The van der Waals surface area contributed by atoms with Crippen LogP contribution in [0.15, 0.2) is 68.4 Å². The van der Waals surface area contributed by atoms with E-state index >= 15 is 0 Å². The molecule has 0 saturated carbocycles. The Labute approximate surface area is 232 Å². The van der Waals surface area contributed by atoms with Gasteiger partial charge < -0.3 is 10.2 Å². The Morgan fingerprint density at radius 2 is 1.80 bits per heavy atom. The van der Waals surface area contributed by atoms with Crippen LogP contribution in [0.3, 0.4) is 0 Å². The quantitative estimate of drug-likeness (QED) is 0.167. The predicted octanol–water partition coefficient (Wildman–Crippen LogP) is 6.54. The van der Waals surface area contributed by atoms with Crippen molar-refractivity contribution in [3.05, 3.63) is 81.4 Å². The van der Waals surface area contributed by atoms with Crippen molar-refractivity contribution < 1.29 is 23.4 Å². The van der Waals surface area contributed by atoms with Crippen LogP contribution in [0.2, 0.25) is 0 Å². The van der Waals surface area contributed by atoms with Gasteiger partial charge in [-0.1, -0.05) is 45.2 Å². The molecule has 0 aliphatic rings. The van der Waals surface area contributed by atoms with Gasteiger partial charge in [0, 0.05) is 12.2 Å². The molecule has 0 aliphatic carbocycles. The number of aromatic carboxylic acids is 1. The number of hydrogen-bond donors (Lipinski definition) is 3. The number of carboxylic acids is 1. The molecule has 0 bridgehead atoms. The number of azo groups is 1. The van der Waals surface area contributed by atoms with Crippen molar-refractivity contribution in [2.45, 2.75) is 57.9 Å². The first-order valence-corrected chi connectivity index (χ1v) is 14.2. The Bertz CT molecular complexity index is 1620. The van der Waals surface area contributed by atoms with Gasteiger partial charge in [-0.25, -0.2) is 18.1 Å². The molecule has 0 radical (unpaired) electrons. The molecule has 2 aromatic carbocycles. The van der Waals surface area contributed by atoms with Gasteiger partial charge >= 0.3 is 5.97 Å². The average Bonchev–Trinajstić information content (AvgIpc) is 2.93. The van der Waals surface area contributed by atoms with E-state index in [9.17, 15) is 23.1 Å². The molecule has 11 nitrogen and oxygen atoms in total. The van der Waals surface area contributed by atoms with Gasteiger partial charge in [-0.3, -0.25) is 14.1 Å². The summed E-state index contributed by atoms with van der Waals surface area (Å²) in [5.74, 6) is -1.46. The zero-order valence-corrected chi connectivity index (χ0v) is 23.3. The van der Waals surface area contributed by atoms with Crippen molar-refractivity contribution in [2.75, 3.05) is 4.72 Å². The highest BCUT2D eigenvalue weighted by atomic mass is 32.2. The lowest BCUT2D eigenvalue weighted by Crippen LogP contribution is -2.24. The second-order valence-electron chi connectivity index (χ2n) is 9.25. The topological polar surface area (TPSA) is 155 Å². The lowest BCUT2D eigenvalue weighted by Gasteiger charge is -2.19. The van der Waals surface area contributed by atoms with Crippen LogP contribution in [-0.2, 0) is 16.6 Å². The standard InChI is InChI=1S/C28H31N5O6S/c1-5-7-10-19(6-2)17-33-26(34)24(29-4)18(3)25(27(33)35)31-30-22-11-8-9-12-23(22)40(38,39)32-21-15-13-20(14-16-21)28(36)37/h8-9,11-16,19,32,34H,5-7,10,17H2,1-3H3,(H,36,37). The first kappa shape index (κ1) is 30.0. The fourth-order valence-electron chi connectivity index (χ4n) is 4.15. The number of anilines is 1. The fourth-order valence-corrected chi connectivity index (χ4v) is 5.35. The highest BCUT2D eigenvalue weighted by Crippen LogP contribution is 2.36. The van der Waals surface area contributed by atoms with Crippen molar-refractivity contribution >= 4 is 38.7 Å². The van der Waals surface area contributed by atoms with Gasteiger partial charge in [0.15, 0.2) is 5.88 Å². The summed E-state index contributed by atoms with van der Waals surface area (Å²) in [5, 5.41) is 27.9. The van der Waals surface area contributed by atoms with Crippen molar-refractivity contribution in [1.29, 1.82) is 0 Å². The highest BCUT2D eigenvalue weighted by Gasteiger charge is 2.23. The Kier molecular flexibility index (Phi) is 9.79. The number of rotatable bonds is 12. The molecule has 0 amide bonds. The van der Waals surface area contributed by atoms with Gasteiger partial charge in [-0.2, -0.15) is 0 Å². The van der Waals surface area contributed by atoms with Crippen LogP contribution in [-0.4, -0.2) is 29.2 Å². The van der Waals surface area contributed by atoms with Gasteiger partial charge in [0.1, 0.15) is 16.3 Å². The first-order valence-electron chi connectivity index (χ1n) is 12.7. The summed E-state index contributed by atoms with van der Waals surface area (Å²) in [7, 11) is -4.18. The van der Waals surface area contributed by atoms with E-state index in [1.54, 1.807) is 6.07 Å². The number of nitrogens with zero attached hydrogens (tertiary/aromatic N) is 4. The molecule has 3 rings (SSSR count). The maximum atomic E-state index is 13.4. The van der Waals surface area contributed by atoms with Crippen molar-refractivity contribution in [3.8, 4) is 5.88 Å². The molecule has 0 aliphatic heterocycles. The molecule has 1 aromatic heterocycles. The van der Waals surface area contributed by atoms with Gasteiger partial charge in [-0.05, 0) is 61.2 Å². The monoisotopic (exact) mass is 565 g/mol. The summed E-state index contributed by atoms with van der Waals surface area (Å²) in [5.41, 5.74) is -0.695. The number of nitrogens with one attached hydrogen (secondary N) is 1. The number of pyridine rings is 1. The smallest absolute Gasteiger partial charge is 0.335 e. The van der Waals surface area contributed by atoms with E-state index < -0.39 is 27.4 Å². The molecule has 1 atom stereocenters. The van der Waals surface area contributed by atoms with Gasteiger partial charge in [0.25, 0.3) is 15.6 Å². The summed E-state index contributed by atoms with van der Waals surface area (Å²) in [6, 6.07) is 11.0. The minimum absolute atomic E-state index is 0.00137. The molecule has 12 heteroatoms. The number of sulfonamides is 1. The molecule has 210 valence electrons. The summed E-state index contributed by atoms with van der Waals surface area (Å²) in [6.07, 6.45) is 3.59. The lowest BCUT2D eigenvalue weighted by atomic mass is 9.99. The van der Waals surface area contributed by atoms with Gasteiger partial charge in [0.2, 0.25) is 5.69 Å². The van der Waals surface area contributed by atoms with Gasteiger partial charge in [-0.15, -0.1) is 10.2 Å². The number of carboxylic acid groups (broad SMARTS) is 1. The third kappa shape index (κ3) is 6.73. The number of aromatic nitrogens is 1. The van der Waals surface area contributed by atoms with Gasteiger partial charge in [0.05, 0.1) is 12.1 Å². The molecule has 0 fully saturated rings. The third-order valence-corrected chi connectivity index (χ3v) is 7.95. The van der Waals surface area contributed by atoms with E-state index in [2.05, 4.69) is 26.7 Å². The Balaban J connectivity index is 2.02. The normalized spacial score (nSPS) is 12.2. The minimum Gasteiger partial charge on any atom is -0.503 e. The average molecular weight is 566 g/mol. The Morgan fingerprint density at radius 3 is 2.40 bits per heavy atom. The zero-order valence-electron chi connectivity index (χ0n) is 22.5. The summed E-state index contributed by atoms with van der Waals surface area (Å²) >= 11 is 0. The zero-order chi connectivity index (χ0) is 29.4. The van der Waals surface area contributed by atoms with Crippen LogP contribution in [0.1, 0.15) is 55.5 Å². The fraction of sp³-hybridized carbons (Fsp3) is 0.321. The van der Waals surface area contributed by atoms with Crippen LogP contribution in [0, 0.1) is 19.4 Å². The van der Waals surface area contributed by atoms with Crippen LogP contribution in [0.25, 0.3) is 4.85 Å². The molecular weight excluding hydrogens is 534 g/mol. The molecule has 1 heterocycles. The Hall–Kier alpha value is -4.50. The van der Waals surface area contributed by atoms with E-state index in [-0.39, 0.29) is 51.2 Å². The number of carbonyl (C=O) groups is 1. The van der Waals surface area contributed by atoms with E-state index in [1.807, 2.05) is 6.92 Å². The maximum Gasteiger partial charge on any atom is 0.335 e. The number of aromatic hydroxyl groups is 1. The highest BCUT2D eigenvalue weighted by molar-refractivity contribution is 7.92. The van der Waals surface area contributed by atoms with Crippen LogP contribution >= 0.6 is 0 Å². The third-order valence-electron chi connectivity index (χ3n) is 6.52. The largest absolute Gasteiger partial charge is 0.503 e. The van der Waals surface area contributed by atoms with E-state index in [1.165, 1.54) is 49.4 Å². The molecule has 0 saturated heterocycles. The molecule has 3 aromatic rings. The number of hydrogen-bond acceptors (Lipinski definition) is 7. The minimum atomic E-state index is -4.18. The second kappa shape index (κ2) is 13.0. The van der Waals surface area contributed by atoms with Crippen LogP contribution in [0.4, 0.5) is 22.7 Å². The Morgan fingerprint density at radius 1 is 1.12 bits per heavy atom.